The number of sulfonamides is 1. The quantitative estimate of drug-likeness (QED) is 0.212. The first-order chi connectivity index (χ1) is 19.7. The molecule has 1 aliphatic heterocycles. The van der Waals surface area contributed by atoms with Gasteiger partial charge in [-0.2, -0.15) is 0 Å². The minimum absolute atomic E-state index is 0.00583. The second-order valence-corrected chi connectivity index (χ2v) is 12.9. The van der Waals surface area contributed by atoms with Crippen LogP contribution < -0.4 is 10.0 Å². The minimum atomic E-state index is -3.91. The largest absolute Gasteiger partial charge is 0.326 e. The first-order valence-electron chi connectivity index (χ1n) is 12.6. The van der Waals surface area contributed by atoms with Crippen LogP contribution >= 0.6 is 35.0 Å². The van der Waals surface area contributed by atoms with Crippen LogP contribution in [0.5, 0.6) is 0 Å². The van der Waals surface area contributed by atoms with E-state index in [0.29, 0.717) is 28.6 Å². The van der Waals surface area contributed by atoms with Crippen molar-refractivity contribution in [2.75, 3.05) is 22.3 Å². The molecule has 41 heavy (non-hydrogen) atoms. The van der Waals surface area contributed by atoms with Crippen molar-refractivity contribution in [1.29, 1.82) is 0 Å². The second-order valence-electron chi connectivity index (χ2n) is 9.32. The maximum atomic E-state index is 12.9. The Morgan fingerprint density at radius 1 is 0.927 bits per heavy atom. The predicted octanol–water partition coefficient (Wildman–Crippen LogP) is 6.86. The third-order valence-electron chi connectivity index (χ3n) is 6.51. The molecule has 4 aromatic rings. The van der Waals surface area contributed by atoms with Gasteiger partial charge in [0.05, 0.1) is 21.4 Å². The molecule has 7 nitrogen and oxygen atoms in total. The summed E-state index contributed by atoms with van der Waals surface area (Å²) >= 11 is 13.5. The van der Waals surface area contributed by atoms with E-state index in [0.717, 1.165) is 12.0 Å². The molecule has 0 radical (unpaired) electrons. The van der Waals surface area contributed by atoms with Crippen LogP contribution in [0.4, 0.5) is 11.4 Å². The van der Waals surface area contributed by atoms with E-state index >= 15 is 0 Å². The summed E-state index contributed by atoms with van der Waals surface area (Å²) in [4.78, 5) is 27.3. The van der Waals surface area contributed by atoms with Crippen molar-refractivity contribution in [1.82, 2.24) is 4.90 Å². The van der Waals surface area contributed by atoms with Crippen molar-refractivity contribution < 1.29 is 18.0 Å². The molecule has 4 aromatic carbocycles. The van der Waals surface area contributed by atoms with Crippen LogP contribution in [0.3, 0.4) is 0 Å². The number of rotatable bonds is 9. The first-order valence-corrected chi connectivity index (χ1v) is 15.9. The number of hydrogen-bond donors (Lipinski definition) is 2. The number of hydrogen-bond acceptors (Lipinski definition) is 5. The lowest BCUT2D eigenvalue weighted by Gasteiger charge is -2.24. The lowest BCUT2D eigenvalue weighted by molar-refractivity contribution is -0.128. The van der Waals surface area contributed by atoms with Gasteiger partial charge in [-0.15, -0.1) is 11.8 Å². The van der Waals surface area contributed by atoms with Crippen molar-refractivity contribution in [3.05, 3.63) is 124 Å². The smallest absolute Gasteiger partial charge is 0.261 e. The van der Waals surface area contributed by atoms with Gasteiger partial charge in [0.1, 0.15) is 5.37 Å². The molecular weight excluding hydrogens is 601 g/mol. The van der Waals surface area contributed by atoms with Gasteiger partial charge in [0.2, 0.25) is 5.91 Å². The van der Waals surface area contributed by atoms with E-state index in [1.54, 1.807) is 23.9 Å². The highest BCUT2D eigenvalue weighted by Gasteiger charge is 2.32. The van der Waals surface area contributed by atoms with Crippen molar-refractivity contribution in [3.63, 3.8) is 0 Å². The molecule has 0 bridgehead atoms. The van der Waals surface area contributed by atoms with Crippen molar-refractivity contribution in [2.24, 2.45) is 0 Å². The number of nitrogens with zero attached hydrogens (tertiary/aromatic N) is 1. The molecule has 0 saturated carbocycles. The fraction of sp³-hybridized carbons (Fsp3) is 0.133. The van der Waals surface area contributed by atoms with Gasteiger partial charge in [-0.3, -0.25) is 14.3 Å². The molecule has 1 heterocycles. The number of carbonyl (C=O) groups excluding carboxylic acids is 2. The Balaban J connectivity index is 1.21. The second kappa shape index (κ2) is 12.6. The Kier molecular flexibility index (Phi) is 8.89. The number of benzene rings is 4. The molecule has 0 unspecified atom stereocenters. The molecule has 0 aromatic heterocycles. The van der Waals surface area contributed by atoms with Gasteiger partial charge in [-0.25, -0.2) is 8.42 Å². The highest BCUT2D eigenvalue weighted by atomic mass is 35.5. The molecule has 0 aliphatic carbocycles. The summed E-state index contributed by atoms with van der Waals surface area (Å²) in [5, 5.41) is 3.25. The predicted molar refractivity (Wildman–Crippen MR) is 165 cm³/mol. The average Bonchev–Trinajstić information content (AvgIpc) is 3.34. The van der Waals surface area contributed by atoms with Crippen LogP contribution in [-0.4, -0.2) is 37.4 Å². The number of nitrogens with one attached hydrogen (secondary N) is 2. The molecule has 11 heteroatoms. The highest BCUT2D eigenvalue weighted by molar-refractivity contribution is 8.00. The monoisotopic (exact) mass is 625 g/mol. The zero-order chi connectivity index (χ0) is 29.0. The molecular formula is C30H25Cl2N3O4S2. The zero-order valence-corrected chi connectivity index (χ0v) is 24.7. The summed E-state index contributed by atoms with van der Waals surface area (Å²) in [6, 6.07) is 27.5. The summed E-state index contributed by atoms with van der Waals surface area (Å²) in [7, 11) is -3.91. The van der Waals surface area contributed by atoms with E-state index in [2.05, 4.69) is 22.2 Å². The van der Waals surface area contributed by atoms with Crippen LogP contribution in [0, 0.1) is 0 Å². The minimum Gasteiger partial charge on any atom is -0.326 e. The third-order valence-corrected chi connectivity index (χ3v) is 9.69. The number of amides is 2. The molecule has 1 saturated heterocycles. The van der Waals surface area contributed by atoms with E-state index in [-0.39, 0.29) is 32.8 Å². The number of halogens is 2. The normalized spacial score (nSPS) is 15.1. The molecule has 2 amide bonds. The first kappa shape index (κ1) is 29.0. The van der Waals surface area contributed by atoms with E-state index in [4.69, 9.17) is 23.2 Å². The Morgan fingerprint density at radius 2 is 1.63 bits per heavy atom. The lowest BCUT2D eigenvalue weighted by Crippen LogP contribution is -2.30. The van der Waals surface area contributed by atoms with E-state index in [1.165, 1.54) is 48.0 Å². The summed E-state index contributed by atoms with van der Waals surface area (Å²) in [6.45, 7) is 0.622. The van der Waals surface area contributed by atoms with E-state index in [9.17, 15) is 18.0 Å². The SMILES string of the molecule is O=C(Nc1ccc(S(=O)(=O)Nc2ccc(Cl)cc2Cl)cc1)c1ccc([C@@H]2SCC(=O)N2CCc2ccccc2)cc1. The van der Waals surface area contributed by atoms with Gasteiger partial charge in [-0.05, 0) is 72.1 Å². The third kappa shape index (κ3) is 7.05. The highest BCUT2D eigenvalue weighted by Crippen LogP contribution is 2.38. The number of thioether (sulfide) groups is 1. The molecule has 0 spiro atoms. The van der Waals surface area contributed by atoms with E-state index < -0.39 is 10.0 Å². The van der Waals surface area contributed by atoms with Crippen LogP contribution in [0.1, 0.15) is 26.9 Å². The van der Waals surface area contributed by atoms with Crippen molar-refractivity contribution in [3.8, 4) is 0 Å². The molecule has 210 valence electrons. The van der Waals surface area contributed by atoms with E-state index in [1.807, 2.05) is 35.2 Å². The maximum absolute atomic E-state index is 12.9. The Labute approximate surface area is 252 Å². The standard InChI is InChI=1S/C30H25Cl2N3O4S2/c31-23-10-15-27(26(32)18-23)34-41(38,39)25-13-11-24(12-14-25)33-29(37)21-6-8-22(9-7-21)30-35(28(36)19-40-30)17-16-20-4-2-1-3-5-20/h1-15,18,30,34H,16-17,19H2,(H,33,37)/t30-/m0/s1. The lowest BCUT2D eigenvalue weighted by atomic mass is 10.1. The van der Waals surface area contributed by atoms with Crippen LogP contribution in [0.2, 0.25) is 10.0 Å². The summed E-state index contributed by atoms with van der Waals surface area (Å²) in [5.41, 5.74) is 3.21. The number of anilines is 2. The average molecular weight is 627 g/mol. The number of carbonyl (C=O) groups is 2. The van der Waals surface area contributed by atoms with Gasteiger partial charge < -0.3 is 10.2 Å². The van der Waals surface area contributed by atoms with Gasteiger partial charge >= 0.3 is 0 Å². The van der Waals surface area contributed by atoms with Crippen LogP contribution in [-0.2, 0) is 21.2 Å². The van der Waals surface area contributed by atoms with Crippen molar-refractivity contribution in [2.45, 2.75) is 16.7 Å². The fourth-order valence-corrected chi connectivity index (χ4v) is 7.17. The topological polar surface area (TPSA) is 95.6 Å². The molecule has 2 N–H and O–H groups in total. The molecule has 1 fully saturated rings. The fourth-order valence-electron chi connectivity index (χ4n) is 4.36. The summed E-state index contributed by atoms with van der Waals surface area (Å²) < 4.78 is 28.0. The Bertz CT molecular complexity index is 1670. The summed E-state index contributed by atoms with van der Waals surface area (Å²) in [5.74, 6) is 0.194. The van der Waals surface area contributed by atoms with Gasteiger partial charge in [0, 0.05) is 22.8 Å². The van der Waals surface area contributed by atoms with Gasteiger partial charge in [0.25, 0.3) is 15.9 Å². The summed E-state index contributed by atoms with van der Waals surface area (Å²) in [6.07, 6.45) is 0.773. The molecule has 5 rings (SSSR count). The Morgan fingerprint density at radius 3 is 2.32 bits per heavy atom. The molecule has 1 atom stereocenters. The van der Waals surface area contributed by atoms with Gasteiger partial charge in [-0.1, -0.05) is 65.7 Å². The van der Waals surface area contributed by atoms with Crippen LogP contribution in [0.15, 0.2) is 102 Å². The van der Waals surface area contributed by atoms with Crippen molar-refractivity contribution >= 4 is 68.2 Å². The van der Waals surface area contributed by atoms with Gasteiger partial charge in [0.15, 0.2) is 0 Å². The zero-order valence-electron chi connectivity index (χ0n) is 21.6. The molecule has 1 aliphatic rings. The Hall–Kier alpha value is -3.50. The van der Waals surface area contributed by atoms with Crippen LogP contribution in [0.25, 0.3) is 0 Å². The maximum Gasteiger partial charge on any atom is 0.261 e.